The Labute approximate surface area is 144 Å². The predicted octanol–water partition coefficient (Wildman–Crippen LogP) is 1.87. The molecule has 1 atom stereocenters. The number of hydrogen-bond acceptors (Lipinski definition) is 4. The second kappa shape index (κ2) is 8.60. The monoisotopic (exact) mass is 354 g/mol. The van der Waals surface area contributed by atoms with E-state index in [1.165, 1.54) is 6.07 Å². The van der Waals surface area contributed by atoms with Crippen LogP contribution in [0.2, 0.25) is 0 Å². The number of nitrogens with one attached hydrogen (secondary N) is 1. The third-order valence-electron chi connectivity index (χ3n) is 4.19. The lowest BCUT2D eigenvalue weighted by molar-refractivity contribution is 0.0789. The molecule has 24 heavy (non-hydrogen) atoms. The first kappa shape index (κ1) is 18.9. The molecule has 7 heteroatoms. The largest absolute Gasteiger partial charge is 0.381 e. The number of benzene rings is 1. The Morgan fingerprint density at radius 3 is 2.79 bits per heavy atom. The molecule has 2 rings (SSSR count). The summed E-state index contributed by atoms with van der Waals surface area (Å²) in [6.07, 6.45) is 2.71. The van der Waals surface area contributed by atoms with Crippen LogP contribution in [0.25, 0.3) is 0 Å². The summed E-state index contributed by atoms with van der Waals surface area (Å²) in [5.74, 6) is -0.0801. The third-order valence-corrected chi connectivity index (χ3v) is 5.67. The van der Waals surface area contributed by atoms with Crippen LogP contribution in [0.5, 0.6) is 0 Å². The highest BCUT2D eigenvalue weighted by atomic mass is 32.2. The van der Waals surface area contributed by atoms with E-state index in [1.807, 2.05) is 6.92 Å². The standard InChI is InChI=1S/C17H26N2O4S/c1-3-4-10-19(2)17(20)15-7-5-6-8-16(15)24(21,22)18-12-14-9-11-23-13-14/h5-8,14,18H,3-4,9-13H2,1-2H3/t14-/m1/s1. The minimum Gasteiger partial charge on any atom is -0.381 e. The fourth-order valence-electron chi connectivity index (χ4n) is 2.63. The molecule has 1 heterocycles. The maximum Gasteiger partial charge on any atom is 0.254 e. The van der Waals surface area contributed by atoms with E-state index in [0.717, 1.165) is 19.3 Å². The van der Waals surface area contributed by atoms with Crippen LogP contribution < -0.4 is 4.72 Å². The van der Waals surface area contributed by atoms with Gasteiger partial charge in [0, 0.05) is 26.7 Å². The summed E-state index contributed by atoms with van der Waals surface area (Å²) in [4.78, 5) is 14.2. The average molecular weight is 354 g/mol. The van der Waals surface area contributed by atoms with Gasteiger partial charge in [0.1, 0.15) is 0 Å². The second-order valence-corrected chi connectivity index (χ2v) is 7.89. The first-order chi connectivity index (χ1) is 11.5. The molecule has 1 saturated heterocycles. The minimum atomic E-state index is -3.73. The van der Waals surface area contributed by atoms with Crippen molar-refractivity contribution in [1.29, 1.82) is 0 Å². The van der Waals surface area contributed by atoms with Crippen molar-refractivity contribution in [3.05, 3.63) is 29.8 Å². The molecule has 0 bridgehead atoms. The highest BCUT2D eigenvalue weighted by Crippen LogP contribution is 2.18. The summed E-state index contributed by atoms with van der Waals surface area (Å²) in [5, 5.41) is 0. The van der Waals surface area contributed by atoms with E-state index in [1.54, 1.807) is 30.1 Å². The summed E-state index contributed by atoms with van der Waals surface area (Å²) in [7, 11) is -2.03. The van der Waals surface area contributed by atoms with Crippen molar-refractivity contribution in [3.8, 4) is 0 Å². The van der Waals surface area contributed by atoms with Crippen LogP contribution >= 0.6 is 0 Å². The molecule has 6 nitrogen and oxygen atoms in total. The Morgan fingerprint density at radius 1 is 1.38 bits per heavy atom. The summed E-state index contributed by atoms with van der Waals surface area (Å²) < 4.78 is 33.1. The Morgan fingerprint density at radius 2 is 2.12 bits per heavy atom. The molecule has 1 aliphatic rings. The molecule has 0 spiro atoms. The first-order valence-electron chi connectivity index (χ1n) is 8.37. The zero-order chi connectivity index (χ0) is 17.6. The van der Waals surface area contributed by atoms with E-state index in [9.17, 15) is 13.2 Å². The van der Waals surface area contributed by atoms with Crippen molar-refractivity contribution >= 4 is 15.9 Å². The number of carbonyl (C=O) groups is 1. The quantitative estimate of drug-likeness (QED) is 0.773. The Bertz CT molecular complexity index is 654. The normalized spacial score (nSPS) is 17.8. The SMILES string of the molecule is CCCCN(C)C(=O)c1ccccc1S(=O)(=O)NC[C@H]1CCOC1. The second-order valence-electron chi connectivity index (χ2n) is 6.16. The lowest BCUT2D eigenvalue weighted by Gasteiger charge is -2.19. The molecule has 1 aliphatic heterocycles. The molecule has 134 valence electrons. The van der Waals surface area contributed by atoms with E-state index >= 15 is 0 Å². The van der Waals surface area contributed by atoms with E-state index < -0.39 is 10.0 Å². The van der Waals surface area contributed by atoms with Gasteiger partial charge in [0.05, 0.1) is 17.1 Å². The summed E-state index contributed by atoms with van der Waals surface area (Å²) >= 11 is 0. The van der Waals surface area contributed by atoms with Gasteiger partial charge in [-0.2, -0.15) is 0 Å². The maximum absolute atomic E-state index is 12.6. The fourth-order valence-corrected chi connectivity index (χ4v) is 3.94. The highest BCUT2D eigenvalue weighted by molar-refractivity contribution is 7.89. The number of rotatable bonds is 8. The van der Waals surface area contributed by atoms with Crippen molar-refractivity contribution < 1.29 is 17.9 Å². The molecule has 0 unspecified atom stereocenters. The molecule has 0 saturated carbocycles. The molecule has 1 N–H and O–H groups in total. The van der Waals surface area contributed by atoms with Crippen LogP contribution in [0, 0.1) is 5.92 Å². The van der Waals surface area contributed by atoms with Gasteiger partial charge in [0.25, 0.3) is 5.91 Å². The van der Waals surface area contributed by atoms with Crippen molar-refractivity contribution in [2.45, 2.75) is 31.1 Å². The molecular formula is C17H26N2O4S. The minimum absolute atomic E-state index is 0.0391. The Balaban J connectivity index is 2.15. The molecule has 0 aliphatic carbocycles. The number of nitrogens with zero attached hydrogens (tertiary/aromatic N) is 1. The van der Waals surface area contributed by atoms with Crippen molar-refractivity contribution in [2.24, 2.45) is 5.92 Å². The van der Waals surface area contributed by atoms with Gasteiger partial charge in [-0.25, -0.2) is 13.1 Å². The van der Waals surface area contributed by atoms with Crippen LogP contribution in [0.15, 0.2) is 29.2 Å². The van der Waals surface area contributed by atoms with Gasteiger partial charge in [-0.15, -0.1) is 0 Å². The fraction of sp³-hybridized carbons (Fsp3) is 0.588. The molecule has 1 aromatic rings. The molecule has 0 aromatic heterocycles. The summed E-state index contributed by atoms with van der Waals surface area (Å²) in [6.45, 7) is 4.23. The van der Waals surface area contributed by atoms with Gasteiger partial charge in [0.15, 0.2) is 0 Å². The lowest BCUT2D eigenvalue weighted by atomic mass is 10.1. The molecule has 1 fully saturated rings. The third kappa shape index (κ3) is 4.78. The van der Waals surface area contributed by atoms with Gasteiger partial charge in [-0.1, -0.05) is 25.5 Å². The Kier molecular flexibility index (Phi) is 6.77. The van der Waals surface area contributed by atoms with Gasteiger partial charge < -0.3 is 9.64 Å². The molecule has 1 aromatic carbocycles. The van der Waals surface area contributed by atoms with Gasteiger partial charge in [0.2, 0.25) is 10.0 Å². The van der Waals surface area contributed by atoms with E-state index in [-0.39, 0.29) is 22.3 Å². The average Bonchev–Trinajstić information content (AvgIpc) is 3.11. The van der Waals surface area contributed by atoms with Crippen LogP contribution in [0.4, 0.5) is 0 Å². The number of sulfonamides is 1. The van der Waals surface area contributed by atoms with Crippen molar-refractivity contribution in [1.82, 2.24) is 9.62 Å². The van der Waals surface area contributed by atoms with E-state index in [0.29, 0.717) is 26.3 Å². The molecule has 0 radical (unpaired) electrons. The number of hydrogen-bond donors (Lipinski definition) is 1. The van der Waals surface area contributed by atoms with Crippen LogP contribution in [0.3, 0.4) is 0 Å². The van der Waals surface area contributed by atoms with Crippen LogP contribution in [-0.4, -0.2) is 52.6 Å². The summed E-state index contributed by atoms with van der Waals surface area (Å²) in [6, 6.07) is 6.37. The first-order valence-corrected chi connectivity index (χ1v) is 9.86. The van der Waals surface area contributed by atoms with Gasteiger partial charge in [-0.3, -0.25) is 4.79 Å². The van der Waals surface area contributed by atoms with Gasteiger partial charge in [-0.05, 0) is 30.9 Å². The lowest BCUT2D eigenvalue weighted by Crippen LogP contribution is -2.33. The summed E-state index contributed by atoms with van der Waals surface area (Å²) in [5.41, 5.74) is 0.214. The van der Waals surface area contributed by atoms with E-state index in [4.69, 9.17) is 4.74 Å². The predicted molar refractivity (Wildman–Crippen MR) is 92.4 cm³/mol. The molecular weight excluding hydrogens is 328 g/mol. The number of amides is 1. The number of ether oxygens (including phenoxy) is 1. The number of unbranched alkanes of at least 4 members (excludes halogenated alkanes) is 1. The Hall–Kier alpha value is -1.44. The molecule has 1 amide bonds. The van der Waals surface area contributed by atoms with Crippen LogP contribution in [-0.2, 0) is 14.8 Å². The van der Waals surface area contributed by atoms with Crippen LogP contribution in [0.1, 0.15) is 36.5 Å². The highest BCUT2D eigenvalue weighted by Gasteiger charge is 2.25. The zero-order valence-corrected chi connectivity index (χ0v) is 15.1. The number of carbonyl (C=O) groups excluding carboxylic acids is 1. The van der Waals surface area contributed by atoms with Crippen molar-refractivity contribution in [2.75, 3.05) is 33.4 Å². The smallest absolute Gasteiger partial charge is 0.254 e. The van der Waals surface area contributed by atoms with E-state index in [2.05, 4.69) is 4.72 Å². The van der Waals surface area contributed by atoms with Gasteiger partial charge >= 0.3 is 0 Å². The maximum atomic E-state index is 12.6. The topological polar surface area (TPSA) is 75.7 Å². The zero-order valence-electron chi connectivity index (χ0n) is 14.3. The van der Waals surface area contributed by atoms with Crippen molar-refractivity contribution in [3.63, 3.8) is 0 Å².